The highest BCUT2D eigenvalue weighted by molar-refractivity contribution is 9.10. The Balaban J connectivity index is 1.72. The minimum absolute atomic E-state index is 0.447. The maximum absolute atomic E-state index is 5.83. The van der Waals surface area contributed by atoms with Crippen LogP contribution in [0.4, 0.5) is 5.69 Å². The van der Waals surface area contributed by atoms with Gasteiger partial charge in [0.15, 0.2) is 0 Å². The molecule has 98 valence electrons. The molecule has 3 heteroatoms. The lowest BCUT2D eigenvalue weighted by atomic mass is 10.1. The number of aryl methyl sites for hydroxylation is 1. The van der Waals surface area contributed by atoms with Crippen LogP contribution in [0.2, 0.25) is 0 Å². The first-order chi connectivity index (χ1) is 9.24. The van der Waals surface area contributed by atoms with Crippen LogP contribution in [-0.4, -0.2) is 0 Å². The van der Waals surface area contributed by atoms with Crippen LogP contribution in [0.5, 0.6) is 0 Å². The number of hydrogen-bond donors (Lipinski definition) is 2. The van der Waals surface area contributed by atoms with Crippen molar-refractivity contribution >= 4 is 21.6 Å². The first kappa shape index (κ1) is 12.7. The molecule has 0 radical (unpaired) electrons. The average Bonchev–Trinajstić information content (AvgIpc) is 2.80. The monoisotopic (exact) mass is 316 g/mol. The van der Waals surface area contributed by atoms with Crippen molar-refractivity contribution < 1.29 is 0 Å². The highest BCUT2D eigenvalue weighted by atomic mass is 79.9. The van der Waals surface area contributed by atoms with Crippen LogP contribution in [0.25, 0.3) is 0 Å². The van der Waals surface area contributed by atoms with E-state index in [9.17, 15) is 0 Å². The number of nitrogens with one attached hydrogen (secondary N) is 1. The zero-order valence-corrected chi connectivity index (χ0v) is 12.3. The van der Waals surface area contributed by atoms with Crippen molar-refractivity contribution in [3.8, 4) is 0 Å². The summed E-state index contributed by atoms with van der Waals surface area (Å²) in [5, 5.41) is 3.64. The Morgan fingerprint density at radius 2 is 2.05 bits per heavy atom. The third-order valence-corrected chi connectivity index (χ3v) is 4.52. The number of nitrogens with two attached hydrogens (primary N) is 1. The van der Waals surface area contributed by atoms with Gasteiger partial charge in [0.2, 0.25) is 0 Å². The summed E-state index contributed by atoms with van der Waals surface area (Å²) in [4.78, 5) is 0. The molecule has 1 aliphatic rings. The molecule has 0 amide bonds. The van der Waals surface area contributed by atoms with Crippen molar-refractivity contribution in [3.63, 3.8) is 0 Å². The molecule has 0 bridgehead atoms. The van der Waals surface area contributed by atoms with Crippen LogP contribution in [0.1, 0.15) is 29.2 Å². The van der Waals surface area contributed by atoms with E-state index < -0.39 is 0 Å². The lowest BCUT2D eigenvalue weighted by Gasteiger charge is -2.15. The molecular formula is C16H17BrN2. The zero-order valence-electron chi connectivity index (χ0n) is 10.7. The Kier molecular flexibility index (Phi) is 3.58. The molecule has 2 nitrogen and oxygen atoms in total. The van der Waals surface area contributed by atoms with Crippen molar-refractivity contribution in [2.24, 2.45) is 0 Å². The Bertz CT molecular complexity index is 595. The smallest absolute Gasteiger partial charge is 0.0329 e. The molecule has 1 atom stereocenters. The number of benzene rings is 2. The average molecular weight is 317 g/mol. The number of hydrogen-bond acceptors (Lipinski definition) is 2. The van der Waals surface area contributed by atoms with Crippen LogP contribution < -0.4 is 11.1 Å². The quantitative estimate of drug-likeness (QED) is 0.845. The van der Waals surface area contributed by atoms with Crippen molar-refractivity contribution in [2.45, 2.75) is 25.4 Å². The molecule has 3 N–H and O–H groups in total. The van der Waals surface area contributed by atoms with Crippen molar-refractivity contribution in [2.75, 3.05) is 5.73 Å². The van der Waals surface area contributed by atoms with Crippen molar-refractivity contribution in [1.29, 1.82) is 0 Å². The standard InChI is InChI=1S/C16H17BrN2/c17-15-4-2-1-3-12(15)10-19-16-8-5-11-9-13(18)6-7-14(11)16/h1-4,6-7,9,16,19H,5,8,10,18H2. The van der Waals surface area contributed by atoms with Gasteiger partial charge in [-0.3, -0.25) is 0 Å². The van der Waals surface area contributed by atoms with Gasteiger partial charge >= 0.3 is 0 Å². The number of anilines is 1. The fraction of sp³-hybridized carbons (Fsp3) is 0.250. The molecule has 1 unspecified atom stereocenters. The maximum atomic E-state index is 5.83. The normalized spacial score (nSPS) is 17.4. The van der Waals surface area contributed by atoms with E-state index >= 15 is 0 Å². The second-order valence-corrected chi connectivity index (χ2v) is 5.88. The van der Waals surface area contributed by atoms with Gasteiger partial charge < -0.3 is 11.1 Å². The first-order valence-corrected chi connectivity index (χ1v) is 7.38. The van der Waals surface area contributed by atoms with Crippen molar-refractivity contribution in [3.05, 3.63) is 63.6 Å². The lowest BCUT2D eigenvalue weighted by molar-refractivity contribution is 0.529. The molecule has 0 saturated heterocycles. The predicted molar refractivity (Wildman–Crippen MR) is 82.9 cm³/mol. The number of rotatable bonds is 3. The van der Waals surface area contributed by atoms with E-state index in [0.29, 0.717) is 6.04 Å². The van der Waals surface area contributed by atoms with Crippen LogP contribution in [0, 0.1) is 0 Å². The molecule has 0 saturated carbocycles. The van der Waals surface area contributed by atoms with Gasteiger partial charge in [-0.15, -0.1) is 0 Å². The van der Waals surface area contributed by atoms with Crippen LogP contribution in [0.15, 0.2) is 46.9 Å². The summed E-state index contributed by atoms with van der Waals surface area (Å²) < 4.78 is 1.16. The minimum Gasteiger partial charge on any atom is -0.399 e. The molecule has 0 spiro atoms. The summed E-state index contributed by atoms with van der Waals surface area (Å²) in [5.74, 6) is 0. The number of fused-ring (bicyclic) bond motifs is 1. The third kappa shape index (κ3) is 2.67. The summed E-state index contributed by atoms with van der Waals surface area (Å²) in [5.41, 5.74) is 10.8. The molecule has 1 aliphatic carbocycles. The predicted octanol–water partition coefficient (Wildman–Crippen LogP) is 3.81. The summed E-state index contributed by atoms with van der Waals surface area (Å²) in [6.07, 6.45) is 2.28. The summed E-state index contributed by atoms with van der Waals surface area (Å²) >= 11 is 3.59. The highest BCUT2D eigenvalue weighted by Crippen LogP contribution is 2.32. The minimum atomic E-state index is 0.447. The summed E-state index contributed by atoms with van der Waals surface area (Å²) in [6.45, 7) is 0.885. The van der Waals surface area contributed by atoms with E-state index in [4.69, 9.17) is 5.73 Å². The molecule has 0 fully saturated rings. The van der Waals surface area contributed by atoms with Gasteiger partial charge in [-0.1, -0.05) is 40.2 Å². The van der Waals surface area contributed by atoms with E-state index in [1.807, 2.05) is 12.1 Å². The van der Waals surface area contributed by atoms with Gasteiger partial charge in [-0.2, -0.15) is 0 Å². The molecule has 2 aromatic carbocycles. The molecule has 0 aliphatic heterocycles. The van der Waals surface area contributed by atoms with Crippen LogP contribution >= 0.6 is 15.9 Å². The zero-order chi connectivity index (χ0) is 13.2. The Morgan fingerprint density at radius 3 is 2.89 bits per heavy atom. The molecule has 0 heterocycles. The molecule has 0 aromatic heterocycles. The van der Waals surface area contributed by atoms with Gasteiger partial charge in [0.25, 0.3) is 0 Å². The Labute approximate surface area is 122 Å². The Hall–Kier alpha value is -1.32. The fourth-order valence-corrected chi connectivity index (χ4v) is 3.15. The molecule has 3 rings (SSSR count). The highest BCUT2D eigenvalue weighted by Gasteiger charge is 2.21. The first-order valence-electron chi connectivity index (χ1n) is 6.59. The lowest BCUT2D eigenvalue weighted by Crippen LogP contribution is -2.18. The van der Waals surface area contributed by atoms with Crippen LogP contribution in [0.3, 0.4) is 0 Å². The third-order valence-electron chi connectivity index (χ3n) is 3.74. The maximum Gasteiger partial charge on any atom is 0.0329 e. The van der Waals surface area contributed by atoms with Crippen LogP contribution in [-0.2, 0) is 13.0 Å². The van der Waals surface area contributed by atoms with E-state index in [0.717, 1.165) is 29.5 Å². The van der Waals surface area contributed by atoms with Gasteiger partial charge in [0.1, 0.15) is 0 Å². The van der Waals surface area contributed by atoms with Gasteiger partial charge in [-0.05, 0) is 47.7 Å². The largest absolute Gasteiger partial charge is 0.399 e. The Morgan fingerprint density at radius 1 is 1.21 bits per heavy atom. The van der Waals surface area contributed by atoms with Crippen molar-refractivity contribution in [1.82, 2.24) is 5.32 Å². The number of halogens is 1. The van der Waals surface area contributed by atoms with E-state index in [1.54, 1.807) is 0 Å². The fourth-order valence-electron chi connectivity index (χ4n) is 2.72. The molecular weight excluding hydrogens is 300 g/mol. The van der Waals surface area contributed by atoms with Gasteiger partial charge in [0, 0.05) is 22.7 Å². The van der Waals surface area contributed by atoms with Gasteiger partial charge in [-0.25, -0.2) is 0 Å². The molecule has 19 heavy (non-hydrogen) atoms. The van der Waals surface area contributed by atoms with E-state index in [1.165, 1.54) is 16.7 Å². The van der Waals surface area contributed by atoms with E-state index in [2.05, 4.69) is 51.6 Å². The number of nitrogen functional groups attached to an aromatic ring is 1. The van der Waals surface area contributed by atoms with E-state index in [-0.39, 0.29) is 0 Å². The summed E-state index contributed by atoms with van der Waals surface area (Å²) in [7, 11) is 0. The van der Waals surface area contributed by atoms with Gasteiger partial charge in [0.05, 0.1) is 0 Å². The molecule has 2 aromatic rings. The topological polar surface area (TPSA) is 38.0 Å². The summed E-state index contributed by atoms with van der Waals surface area (Å²) in [6, 6.07) is 15.1. The second kappa shape index (κ2) is 5.35. The second-order valence-electron chi connectivity index (χ2n) is 5.02. The SMILES string of the molecule is Nc1ccc2c(c1)CCC2NCc1ccccc1Br.